The molecular formula is C22H21F3N2O5S2. The Balaban J connectivity index is 1.65. The van der Waals surface area contributed by atoms with Crippen LogP contribution >= 0.6 is 11.8 Å². The molecule has 2 saturated heterocycles. The third kappa shape index (κ3) is 5.02. The molecule has 2 heterocycles. The van der Waals surface area contributed by atoms with Crippen LogP contribution in [-0.4, -0.2) is 56.5 Å². The van der Waals surface area contributed by atoms with Gasteiger partial charge in [-0.2, -0.15) is 18.2 Å². The molecule has 182 valence electrons. The summed E-state index contributed by atoms with van der Waals surface area (Å²) in [5, 5.41) is -0.234. The van der Waals surface area contributed by atoms with E-state index in [-0.39, 0.29) is 28.8 Å². The number of methoxy groups -OCH3 is 2. The van der Waals surface area contributed by atoms with Crippen LogP contribution in [0.2, 0.25) is 0 Å². The molecule has 0 N–H and O–H groups in total. The molecular weight excluding hydrogens is 493 g/mol. The Morgan fingerprint density at radius 3 is 2.53 bits per heavy atom. The molecule has 2 aromatic carbocycles. The summed E-state index contributed by atoms with van der Waals surface area (Å²) in [6.45, 7) is 0. The molecule has 0 saturated carbocycles. The van der Waals surface area contributed by atoms with Gasteiger partial charge in [-0.25, -0.2) is 8.42 Å². The highest BCUT2D eigenvalue weighted by Gasteiger charge is 2.49. The van der Waals surface area contributed by atoms with E-state index < -0.39 is 38.8 Å². The number of hydrogen-bond acceptors (Lipinski definition) is 6. The summed E-state index contributed by atoms with van der Waals surface area (Å²) in [6, 6.07) is 8.98. The molecule has 4 rings (SSSR count). The van der Waals surface area contributed by atoms with Crippen molar-refractivity contribution in [3.63, 3.8) is 0 Å². The molecule has 7 nitrogen and oxygen atoms in total. The zero-order chi connectivity index (χ0) is 24.7. The zero-order valence-corrected chi connectivity index (χ0v) is 19.8. The zero-order valence-electron chi connectivity index (χ0n) is 18.2. The van der Waals surface area contributed by atoms with Crippen LogP contribution in [0.3, 0.4) is 0 Å². The van der Waals surface area contributed by atoms with E-state index >= 15 is 0 Å². The second-order valence-electron chi connectivity index (χ2n) is 7.87. The number of halogens is 3. The third-order valence-corrected chi connectivity index (χ3v) is 8.75. The molecule has 0 spiro atoms. The molecule has 34 heavy (non-hydrogen) atoms. The lowest BCUT2D eigenvalue weighted by atomic mass is 10.1. The molecule has 2 aliphatic heterocycles. The number of anilines is 1. The Bertz CT molecular complexity index is 1250. The molecule has 2 atom stereocenters. The number of ether oxygens (including phenoxy) is 2. The second kappa shape index (κ2) is 9.14. The van der Waals surface area contributed by atoms with Crippen molar-refractivity contribution in [1.82, 2.24) is 0 Å². The number of rotatable bonds is 5. The summed E-state index contributed by atoms with van der Waals surface area (Å²) in [7, 11) is -0.388. The smallest absolute Gasteiger partial charge is 0.416 e. The maximum Gasteiger partial charge on any atom is 0.416 e. The number of carbonyl (C=O) groups is 1. The van der Waals surface area contributed by atoms with Crippen molar-refractivity contribution in [2.75, 3.05) is 30.6 Å². The van der Waals surface area contributed by atoms with Gasteiger partial charge in [0.15, 0.2) is 26.5 Å². The fourth-order valence-corrected chi connectivity index (χ4v) is 7.94. The van der Waals surface area contributed by atoms with Gasteiger partial charge in [-0.3, -0.25) is 4.79 Å². The van der Waals surface area contributed by atoms with Gasteiger partial charge in [-0.05, 0) is 35.9 Å². The van der Waals surface area contributed by atoms with Crippen LogP contribution in [-0.2, 0) is 27.2 Å². The van der Waals surface area contributed by atoms with Gasteiger partial charge in [0.2, 0.25) is 0 Å². The summed E-state index contributed by atoms with van der Waals surface area (Å²) in [6.07, 6.45) is -4.64. The number of aliphatic imine (C=N–C) groups is 1. The highest BCUT2D eigenvalue weighted by molar-refractivity contribution is 8.16. The number of thioether (sulfide) groups is 1. The molecule has 2 aromatic rings. The van der Waals surface area contributed by atoms with Crippen molar-refractivity contribution in [2.24, 2.45) is 4.99 Å². The lowest BCUT2D eigenvalue weighted by molar-refractivity contribution is -0.137. The van der Waals surface area contributed by atoms with Crippen molar-refractivity contribution >= 4 is 38.4 Å². The number of hydrogen-bond donors (Lipinski definition) is 0. The highest BCUT2D eigenvalue weighted by Crippen LogP contribution is 2.42. The number of fused-ring (bicyclic) bond motifs is 1. The normalized spacial score (nSPS) is 22.6. The van der Waals surface area contributed by atoms with E-state index in [2.05, 4.69) is 4.99 Å². The topological polar surface area (TPSA) is 85.3 Å². The monoisotopic (exact) mass is 514 g/mol. The van der Waals surface area contributed by atoms with E-state index in [9.17, 15) is 26.4 Å². The second-order valence-corrected chi connectivity index (χ2v) is 11.2. The van der Waals surface area contributed by atoms with Crippen LogP contribution < -0.4 is 14.4 Å². The fraction of sp³-hybridized carbons (Fsp3) is 0.364. The Hall–Kier alpha value is -2.73. The molecule has 12 heteroatoms. The maximum absolute atomic E-state index is 13.3. The fourth-order valence-electron chi connectivity index (χ4n) is 4.01. The molecule has 0 aromatic heterocycles. The van der Waals surface area contributed by atoms with Gasteiger partial charge in [0.05, 0.1) is 43.8 Å². The largest absolute Gasteiger partial charge is 0.493 e. The minimum absolute atomic E-state index is 0.0749. The first kappa shape index (κ1) is 24.4. The maximum atomic E-state index is 13.3. The Morgan fingerprint density at radius 2 is 1.85 bits per heavy atom. The van der Waals surface area contributed by atoms with Crippen LogP contribution in [0, 0.1) is 0 Å². The van der Waals surface area contributed by atoms with Gasteiger partial charge in [0.25, 0.3) is 5.91 Å². The van der Waals surface area contributed by atoms with E-state index in [1.807, 2.05) is 0 Å². The van der Waals surface area contributed by atoms with Crippen LogP contribution in [0.15, 0.2) is 47.5 Å². The van der Waals surface area contributed by atoms with Crippen LogP contribution in [0.25, 0.3) is 0 Å². The van der Waals surface area contributed by atoms with Gasteiger partial charge in [-0.1, -0.05) is 23.9 Å². The summed E-state index contributed by atoms with van der Waals surface area (Å²) in [4.78, 5) is 18.4. The van der Waals surface area contributed by atoms with E-state index in [0.29, 0.717) is 17.1 Å². The van der Waals surface area contributed by atoms with E-state index in [1.54, 1.807) is 18.2 Å². The van der Waals surface area contributed by atoms with Crippen LogP contribution in [0.5, 0.6) is 11.5 Å². The predicted octanol–water partition coefficient (Wildman–Crippen LogP) is 3.57. The number of carbonyl (C=O) groups excluding carboxylic acids is 1. The number of benzene rings is 2. The molecule has 2 aliphatic rings. The van der Waals surface area contributed by atoms with Gasteiger partial charge in [-0.15, -0.1) is 0 Å². The lowest BCUT2D eigenvalue weighted by Gasteiger charge is -2.25. The van der Waals surface area contributed by atoms with E-state index in [0.717, 1.165) is 23.9 Å². The molecule has 0 radical (unpaired) electrons. The van der Waals surface area contributed by atoms with Crippen molar-refractivity contribution in [3.05, 3.63) is 53.6 Å². The van der Waals surface area contributed by atoms with Crippen LogP contribution in [0.4, 0.5) is 18.9 Å². The third-order valence-electron chi connectivity index (χ3n) is 5.54. The molecule has 2 fully saturated rings. The number of alkyl halides is 3. The number of nitrogens with zero attached hydrogens (tertiary/aromatic N) is 2. The number of sulfone groups is 1. The summed E-state index contributed by atoms with van der Waals surface area (Å²) < 4.78 is 74.7. The van der Waals surface area contributed by atoms with Crippen molar-refractivity contribution < 1.29 is 35.9 Å². The Labute approximate surface area is 198 Å². The summed E-state index contributed by atoms with van der Waals surface area (Å²) >= 11 is 1.10. The average molecular weight is 515 g/mol. The summed E-state index contributed by atoms with van der Waals surface area (Å²) in [5.74, 6) is 0.0847. The standard InChI is InChI=1S/C22H21F3N2O5S2/c1-31-17-7-6-13(8-18(17)32-2)9-20(28)26-21-27(16-11-34(29,30)12-19(16)33-21)15-5-3-4-14(10-15)22(23,24)25/h3-8,10,16,19H,9,11-12H2,1-2H3/t16-,19+/m0/s1. The van der Waals surface area contributed by atoms with Gasteiger partial charge in [0.1, 0.15) is 0 Å². The first-order valence-corrected chi connectivity index (χ1v) is 12.9. The first-order chi connectivity index (χ1) is 16.0. The number of amidine groups is 1. The SMILES string of the molecule is COc1ccc(CC(=O)N=C2S[C@@H]3CS(=O)(=O)C[C@@H]3N2c2cccc(C(F)(F)F)c2)cc1OC. The Kier molecular flexibility index (Phi) is 6.56. The van der Waals surface area contributed by atoms with Crippen molar-refractivity contribution in [3.8, 4) is 11.5 Å². The molecule has 0 unspecified atom stereocenters. The molecule has 1 amide bonds. The predicted molar refractivity (Wildman–Crippen MR) is 123 cm³/mol. The van der Waals surface area contributed by atoms with Gasteiger partial charge < -0.3 is 14.4 Å². The van der Waals surface area contributed by atoms with E-state index in [4.69, 9.17) is 9.47 Å². The number of amides is 1. The van der Waals surface area contributed by atoms with Crippen LogP contribution in [0.1, 0.15) is 11.1 Å². The van der Waals surface area contributed by atoms with E-state index in [1.165, 1.54) is 31.3 Å². The van der Waals surface area contributed by atoms with Crippen molar-refractivity contribution in [1.29, 1.82) is 0 Å². The minimum atomic E-state index is -4.56. The summed E-state index contributed by atoms with van der Waals surface area (Å²) in [5.41, 5.74) is -0.108. The highest BCUT2D eigenvalue weighted by atomic mass is 32.2. The first-order valence-electron chi connectivity index (χ1n) is 10.2. The quantitative estimate of drug-likeness (QED) is 0.603. The molecule has 0 bridgehead atoms. The lowest BCUT2D eigenvalue weighted by Crippen LogP contribution is -2.38. The average Bonchev–Trinajstić information content (AvgIpc) is 3.23. The van der Waals surface area contributed by atoms with Gasteiger partial charge >= 0.3 is 6.18 Å². The molecule has 0 aliphatic carbocycles. The van der Waals surface area contributed by atoms with Crippen molar-refractivity contribution in [2.45, 2.75) is 23.9 Å². The Morgan fingerprint density at radius 1 is 1.12 bits per heavy atom. The van der Waals surface area contributed by atoms with Gasteiger partial charge in [0, 0.05) is 10.9 Å². The minimum Gasteiger partial charge on any atom is -0.493 e.